The number of benzene rings is 1. The minimum absolute atomic E-state index is 0.136. The fourth-order valence-corrected chi connectivity index (χ4v) is 4.10. The van der Waals surface area contributed by atoms with Crippen molar-refractivity contribution >= 4 is 0 Å². The minimum Gasteiger partial charge on any atom is -0.310 e. The molecule has 1 aromatic carbocycles. The van der Waals surface area contributed by atoms with E-state index in [0.717, 1.165) is 23.3 Å². The maximum absolute atomic E-state index is 13.3. The lowest BCUT2D eigenvalue weighted by atomic mass is 9.84. The molecule has 0 aliphatic heterocycles. The van der Waals surface area contributed by atoms with Crippen molar-refractivity contribution < 1.29 is 4.39 Å². The van der Waals surface area contributed by atoms with Crippen molar-refractivity contribution in [1.82, 2.24) is 5.32 Å². The lowest BCUT2D eigenvalue weighted by molar-refractivity contribution is 0.259. The van der Waals surface area contributed by atoms with Gasteiger partial charge in [-0.05, 0) is 61.6 Å². The molecule has 2 bridgehead atoms. The molecule has 1 N–H and O–H groups in total. The predicted octanol–water partition coefficient (Wildman–Crippen LogP) is 3.61. The Hall–Kier alpha value is -1.40. The van der Waals surface area contributed by atoms with Crippen LogP contribution in [0.3, 0.4) is 0 Å². The van der Waals surface area contributed by atoms with E-state index in [1.807, 2.05) is 6.07 Å². The van der Waals surface area contributed by atoms with E-state index in [9.17, 15) is 4.39 Å². The molecule has 4 unspecified atom stereocenters. The van der Waals surface area contributed by atoms with Crippen molar-refractivity contribution in [2.75, 3.05) is 0 Å². The summed E-state index contributed by atoms with van der Waals surface area (Å²) in [6.07, 6.45) is 5.62. The van der Waals surface area contributed by atoms with Gasteiger partial charge in [0.05, 0.1) is 5.56 Å². The molecule has 2 fully saturated rings. The lowest BCUT2D eigenvalue weighted by Crippen LogP contribution is -2.35. The molecule has 0 radical (unpaired) electrons. The van der Waals surface area contributed by atoms with Crippen LogP contribution >= 0.6 is 0 Å². The van der Waals surface area contributed by atoms with Crippen LogP contribution in [0.1, 0.15) is 43.7 Å². The van der Waals surface area contributed by atoms with Gasteiger partial charge in [0.1, 0.15) is 11.9 Å². The SMILES string of the molecule is CC(NCc1ccc(F)c(C#N)c1)C1CC2CCC1C2. The van der Waals surface area contributed by atoms with Gasteiger partial charge in [-0.2, -0.15) is 5.26 Å². The minimum atomic E-state index is -0.433. The van der Waals surface area contributed by atoms with E-state index in [-0.39, 0.29) is 5.56 Å². The van der Waals surface area contributed by atoms with Crippen LogP contribution in [-0.2, 0) is 6.54 Å². The number of nitriles is 1. The zero-order valence-corrected chi connectivity index (χ0v) is 11.9. The van der Waals surface area contributed by atoms with E-state index in [2.05, 4.69) is 12.2 Å². The van der Waals surface area contributed by atoms with E-state index in [4.69, 9.17) is 5.26 Å². The van der Waals surface area contributed by atoms with Crippen molar-refractivity contribution in [3.63, 3.8) is 0 Å². The Bertz CT molecular complexity index is 534. The molecular weight excluding hydrogens is 251 g/mol. The zero-order valence-electron chi connectivity index (χ0n) is 11.9. The van der Waals surface area contributed by atoms with Crippen molar-refractivity contribution in [3.8, 4) is 6.07 Å². The maximum Gasteiger partial charge on any atom is 0.140 e. The molecule has 0 spiro atoms. The molecule has 0 amide bonds. The number of fused-ring (bicyclic) bond motifs is 2. The maximum atomic E-state index is 13.3. The Kier molecular flexibility index (Phi) is 3.76. The molecule has 106 valence electrons. The third-order valence-corrected chi connectivity index (χ3v) is 5.21. The van der Waals surface area contributed by atoms with Gasteiger partial charge in [-0.15, -0.1) is 0 Å². The van der Waals surface area contributed by atoms with Crippen LogP contribution in [0.15, 0.2) is 18.2 Å². The molecule has 0 saturated heterocycles. The second-order valence-electron chi connectivity index (χ2n) is 6.43. The van der Waals surface area contributed by atoms with Gasteiger partial charge in [-0.1, -0.05) is 12.5 Å². The average Bonchev–Trinajstić information content (AvgIpc) is 3.08. The summed E-state index contributed by atoms with van der Waals surface area (Å²) in [5.41, 5.74) is 1.12. The molecule has 0 heterocycles. The summed E-state index contributed by atoms with van der Waals surface area (Å²) in [4.78, 5) is 0. The van der Waals surface area contributed by atoms with Crippen molar-refractivity contribution in [2.45, 2.75) is 45.2 Å². The molecule has 4 atom stereocenters. The van der Waals surface area contributed by atoms with E-state index >= 15 is 0 Å². The van der Waals surface area contributed by atoms with Crippen LogP contribution in [0.2, 0.25) is 0 Å². The van der Waals surface area contributed by atoms with Crippen LogP contribution in [-0.4, -0.2) is 6.04 Å². The van der Waals surface area contributed by atoms with Gasteiger partial charge in [0.25, 0.3) is 0 Å². The number of nitrogens with one attached hydrogen (secondary N) is 1. The van der Waals surface area contributed by atoms with Crippen LogP contribution in [0.25, 0.3) is 0 Å². The molecule has 3 heteroatoms. The molecule has 20 heavy (non-hydrogen) atoms. The molecule has 2 aliphatic carbocycles. The quantitative estimate of drug-likeness (QED) is 0.908. The van der Waals surface area contributed by atoms with E-state index in [0.29, 0.717) is 12.6 Å². The van der Waals surface area contributed by atoms with Crippen LogP contribution in [0.5, 0.6) is 0 Å². The Labute approximate surface area is 120 Å². The third kappa shape index (κ3) is 2.58. The number of rotatable bonds is 4. The van der Waals surface area contributed by atoms with Gasteiger partial charge < -0.3 is 5.32 Å². The first-order valence-electron chi connectivity index (χ1n) is 7.59. The summed E-state index contributed by atoms with van der Waals surface area (Å²) in [5, 5.41) is 12.4. The third-order valence-electron chi connectivity index (χ3n) is 5.21. The highest BCUT2D eigenvalue weighted by molar-refractivity contribution is 5.34. The summed E-state index contributed by atoms with van der Waals surface area (Å²) in [6, 6.07) is 7.19. The smallest absolute Gasteiger partial charge is 0.140 e. The largest absolute Gasteiger partial charge is 0.310 e. The highest BCUT2D eigenvalue weighted by Crippen LogP contribution is 2.49. The van der Waals surface area contributed by atoms with Gasteiger partial charge in [0, 0.05) is 12.6 Å². The van der Waals surface area contributed by atoms with E-state index in [1.165, 1.54) is 31.7 Å². The highest BCUT2D eigenvalue weighted by atomic mass is 19.1. The number of nitrogens with zero attached hydrogens (tertiary/aromatic N) is 1. The first kappa shape index (κ1) is 13.6. The molecule has 1 aromatic rings. The second-order valence-corrected chi connectivity index (χ2v) is 6.43. The van der Waals surface area contributed by atoms with Crippen LogP contribution in [0.4, 0.5) is 4.39 Å². The van der Waals surface area contributed by atoms with Gasteiger partial charge in [-0.25, -0.2) is 4.39 Å². The summed E-state index contributed by atoms with van der Waals surface area (Å²) in [5.74, 6) is 2.23. The molecule has 2 nitrogen and oxygen atoms in total. The lowest BCUT2D eigenvalue weighted by Gasteiger charge is -2.28. The first-order valence-corrected chi connectivity index (χ1v) is 7.59. The number of halogens is 1. The zero-order chi connectivity index (χ0) is 14.1. The van der Waals surface area contributed by atoms with Gasteiger partial charge in [-0.3, -0.25) is 0 Å². The fraction of sp³-hybridized carbons (Fsp3) is 0.588. The number of hydrogen-bond acceptors (Lipinski definition) is 2. The topological polar surface area (TPSA) is 35.8 Å². The Morgan fingerprint density at radius 1 is 1.40 bits per heavy atom. The Morgan fingerprint density at radius 2 is 2.25 bits per heavy atom. The molecule has 0 aromatic heterocycles. The normalized spacial score (nSPS) is 29.4. The monoisotopic (exact) mass is 272 g/mol. The van der Waals surface area contributed by atoms with Crippen LogP contribution in [0, 0.1) is 34.9 Å². The van der Waals surface area contributed by atoms with Gasteiger partial charge in [0.15, 0.2) is 0 Å². The molecule has 3 rings (SSSR count). The predicted molar refractivity (Wildman–Crippen MR) is 76.4 cm³/mol. The standard InChI is InChI=1S/C17H21FN2/c1-11(16-8-12-2-4-14(16)6-12)20-10-13-3-5-17(18)15(7-13)9-19/h3,5,7,11-12,14,16,20H,2,4,6,8,10H2,1H3. The van der Waals surface area contributed by atoms with Crippen LogP contribution < -0.4 is 5.32 Å². The average molecular weight is 272 g/mol. The van der Waals surface area contributed by atoms with Crippen molar-refractivity contribution in [3.05, 3.63) is 35.1 Å². The Morgan fingerprint density at radius 3 is 2.90 bits per heavy atom. The van der Waals surface area contributed by atoms with Crippen molar-refractivity contribution in [1.29, 1.82) is 5.26 Å². The summed E-state index contributed by atoms with van der Waals surface area (Å²) in [6.45, 7) is 2.98. The summed E-state index contributed by atoms with van der Waals surface area (Å²) >= 11 is 0. The first-order chi connectivity index (χ1) is 9.67. The number of hydrogen-bond donors (Lipinski definition) is 1. The molecule has 2 saturated carbocycles. The van der Waals surface area contributed by atoms with Gasteiger partial charge >= 0.3 is 0 Å². The summed E-state index contributed by atoms with van der Waals surface area (Å²) < 4.78 is 13.3. The second kappa shape index (κ2) is 5.54. The van der Waals surface area contributed by atoms with Gasteiger partial charge in [0.2, 0.25) is 0 Å². The van der Waals surface area contributed by atoms with E-state index in [1.54, 1.807) is 12.1 Å². The fourth-order valence-electron chi connectivity index (χ4n) is 4.10. The molecule has 2 aliphatic rings. The van der Waals surface area contributed by atoms with E-state index < -0.39 is 5.82 Å². The Balaban J connectivity index is 1.58. The van der Waals surface area contributed by atoms with Crippen molar-refractivity contribution in [2.24, 2.45) is 17.8 Å². The molecular formula is C17H21FN2. The summed E-state index contributed by atoms with van der Waals surface area (Å²) in [7, 11) is 0. The highest BCUT2D eigenvalue weighted by Gasteiger charge is 2.41.